The minimum Gasteiger partial charge on any atom is -0.493 e. The summed E-state index contributed by atoms with van der Waals surface area (Å²) in [5.74, 6) is 0.287. The van der Waals surface area contributed by atoms with Crippen LogP contribution in [0.15, 0.2) is 48.5 Å². The predicted octanol–water partition coefficient (Wildman–Crippen LogP) is 3.07. The molecule has 0 bridgehead atoms. The monoisotopic (exact) mass is 340 g/mol. The van der Waals surface area contributed by atoms with E-state index in [0.29, 0.717) is 17.1 Å². The highest BCUT2D eigenvalue weighted by Crippen LogP contribution is 2.28. The zero-order valence-corrected chi connectivity index (χ0v) is 13.7. The van der Waals surface area contributed by atoms with Crippen LogP contribution in [0.5, 0.6) is 11.5 Å². The molecule has 1 N–H and O–H groups in total. The van der Waals surface area contributed by atoms with Gasteiger partial charge in [0.15, 0.2) is 18.1 Å². The molecule has 2 aromatic rings. The smallest absolute Gasteiger partial charge is 0.244 e. The van der Waals surface area contributed by atoms with Gasteiger partial charge in [-0.05, 0) is 41.5 Å². The van der Waals surface area contributed by atoms with Crippen molar-refractivity contribution in [3.05, 3.63) is 65.5 Å². The first kappa shape index (κ1) is 18.0. The number of nitriles is 1. The van der Waals surface area contributed by atoms with Gasteiger partial charge in [-0.25, -0.2) is 4.39 Å². The van der Waals surface area contributed by atoms with Crippen LogP contribution in [-0.2, 0) is 11.3 Å². The van der Waals surface area contributed by atoms with Crippen LogP contribution in [0, 0.1) is 17.1 Å². The molecule has 0 heterocycles. The molecule has 0 radical (unpaired) electrons. The van der Waals surface area contributed by atoms with Gasteiger partial charge in [-0.1, -0.05) is 18.2 Å². The van der Waals surface area contributed by atoms with Gasteiger partial charge in [-0.2, -0.15) is 5.26 Å². The lowest BCUT2D eigenvalue weighted by Gasteiger charge is -2.08. The highest BCUT2D eigenvalue weighted by molar-refractivity contribution is 5.91. The van der Waals surface area contributed by atoms with E-state index in [4.69, 9.17) is 14.7 Å². The standard InChI is InChI=1S/C19H17FN2O3/c1-24-18-12-14(5-7-17(18)25-10-9-21)6-8-19(23)22-13-15-3-2-4-16(20)11-15/h2-8,11-12H,10,13H2,1H3,(H,22,23)/b8-6+. The van der Waals surface area contributed by atoms with Crippen LogP contribution in [-0.4, -0.2) is 19.6 Å². The number of amides is 1. The average molecular weight is 340 g/mol. The Labute approximate surface area is 145 Å². The Bertz CT molecular complexity index is 813. The van der Waals surface area contributed by atoms with E-state index in [1.165, 1.54) is 25.3 Å². The van der Waals surface area contributed by atoms with E-state index in [-0.39, 0.29) is 24.9 Å². The van der Waals surface area contributed by atoms with E-state index in [9.17, 15) is 9.18 Å². The topological polar surface area (TPSA) is 71.3 Å². The number of ether oxygens (including phenoxy) is 2. The van der Waals surface area contributed by atoms with Gasteiger partial charge in [0.2, 0.25) is 5.91 Å². The van der Waals surface area contributed by atoms with E-state index < -0.39 is 0 Å². The fourth-order valence-electron chi connectivity index (χ4n) is 2.08. The Morgan fingerprint density at radius 2 is 2.12 bits per heavy atom. The van der Waals surface area contributed by atoms with Gasteiger partial charge in [0, 0.05) is 12.6 Å². The van der Waals surface area contributed by atoms with Crippen molar-refractivity contribution in [2.45, 2.75) is 6.54 Å². The molecule has 5 nitrogen and oxygen atoms in total. The van der Waals surface area contributed by atoms with Gasteiger partial charge in [-0.3, -0.25) is 4.79 Å². The molecule has 0 aliphatic heterocycles. The summed E-state index contributed by atoms with van der Waals surface area (Å²) < 4.78 is 23.5. The molecule has 0 aliphatic rings. The lowest BCUT2D eigenvalue weighted by Crippen LogP contribution is -2.20. The largest absolute Gasteiger partial charge is 0.493 e. The number of benzene rings is 2. The lowest BCUT2D eigenvalue weighted by molar-refractivity contribution is -0.116. The first-order valence-corrected chi connectivity index (χ1v) is 7.50. The molecule has 128 valence electrons. The van der Waals surface area contributed by atoms with Crippen molar-refractivity contribution in [3.63, 3.8) is 0 Å². The predicted molar refractivity (Wildman–Crippen MR) is 91.4 cm³/mol. The van der Waals surface area contributed by atoms with Crippen LogP contribution in [0.3, 0.4) is 0 Å². The number of nitrogens with zero attached hydrogens (tertiary/aromatic N) is 1. The summed E-state index contributed by atoms with van der Waals surface area (Å²) in [5.41, 5.74) is 1.42. The molecule has 25 heavy (non-hydrogen) atoms. The molecule has 0 unspecified atom stereocenters. The van der Waals surface area contributed by atoms with Crippen molar-refractivity contribution in [1.29, 1.82) is 5.26 Å². The van der Waals surface area contributed by atoms with Crippen LogP contribution >= 0.6 is 0 Å². The van der Waals surface area contributed by atoms with Crippen molar-refractivity contribution in [3.8, 4) is 17.6 Å². The molecule has 0 fully saturated rings. The number of carbonyl (C=O) groups is 1. The molecule has 2 rings (SSSR count). The minimum absolute atomic E-state index is 0.0754. The van der Waals surface area contributed by atoms with Crippen LogP contribution in [0.25, 0.3) is 6.08 Å². The third kappa shape index (κ3) is 5.66. The molecule has 1 amide bonds. The van der Waals surface area contributed by atoms with Crippen molar-refractivity contribution >= 4 is 12.0 Å². The lowest BCUT2D eigenvalue weighted by atomic mass is 10.2. The average Bonchev–Trinajstić information content (AvgIpc) is 2.63. The second-order valence-corrected chi connectivity index (χ2v) is 5.04. The van der Waals surface area contributed by atoms with E-state index in [1.54, 1.807) is 36.4 Å². The molecular formula is C19H17FN2O3. The molecule has 0 saturated heterocycles. The maximum absolute atomic E-state index is 13.1. The summed E-state index contributed by atoms with van der Waals surface area (Å²) in [5, 5.41) is 11.2. The van der Waals surface area contributed by atoms with Crippen LogP contribution in [0.1, 0.15) is 11.1 Å². The Kier molecular flexibility index (Phi) is 6.55. The fraction of sp³-hybridized carbons (Fsp3) is 0.158. The minimum atomic E-state index is -0.340. The van der Waals surface area contributed by atoms with Crippen molar-refractivity contribution in [1.82, 2.24) is 5.32 Å². The van der Waals surface area contributed by atoms with Crippen LogP contribution < -0.4 is 14.8 Å². The summed E-state index contributed by atoms with van der Waals surface area (Å²) in [6.07, 6.45) is 3.00. The third-order valence-electron chi connectivity index (χ3n) is 3.26. The SMILES string of the molecule is COc1cc(/C=C/C(=O)NCc2cccc(F)c2)ccc1OCC#N. The highest BCUT2D eigenvalue weighted by atomic mass is 19.1. The van der Waals surface area contributed by atoms with Crippen LogP contribution in [0.4, 0.5) is 4.39 Å². The Hall–Kier alpha value is -3.33. The van der Waals surface area contributed by atoms with Crippen molar-refractivity contribution in [2.75, 3.05) is 13.7 Å². The Morgan fingerprint density at radius 3 is 2.84 bits per heavy atom. The Morgan fingerprint density at radius 1 is 1.28 bits per heavy atom. The van der Waals surface area contributed by atoms with E-state index >= 15 is 0 Å². The maximum atomic E-state index is 13.1. The highest BCUT2D eigenvalue weighted by Gasteiger charge is 2.05. The molecule has 0 atom stereocenters. The van der Waals surface area contributed by atoms with Crippen molar-refractivity contribution < 1.29 is 18.7 Å². The fourth-order valence-corrected chi connectivity index (χ4v) is 2.08. The Balaban J connectivity index is 1.96. The van der Waals surface area contributed by atoms with E-state index in [2.05, 4.69) is 5.32 Å². The second-order valence-electron chi connectivity index (χ2n) is 5.04. The van der Waals surface area contributed by atoms with Gasteiger partial charge in [0.1, 0.15) is 11.9 Å². The third-order valence-corrected chi connectivity index (χ3v) is 3.26. The van der Waals surface area contributed by atoms with E-state index in [0.717, 1.165) is 5.56 Å². The summed E-state index contributed by atoms with van der Waals surface area (Å²) in [7, 11) is 1.49. The zero-order valence-electron chi connectivity index (χ0n) is 13.7. The summed E-state index contributed by atoms with van der Waals surface area (Å²) in [6.45, 7) is 0.166. The van der Waals surface area contributed by atoms with Crippen molar-refractivity contribution in [2.24, 2.45) is 0 Å². The number of methoxy groups -OCH3 is 1. The number of halogens is 1. The maximum Gasteiger partial charge on any atom is 0.244 e. The summed E-state index contributed by atoms with van der Waals surface area (Å²) >= 11 is 0. The van der Waals surface area contributed by atoms with Gasteiger partial charge < -0.3 is 14.8 Å². The normalized spacial score (nSPS) is 10.3. The molecule has 0 aromatic heterocycles. The second kappa shape index (κ2) is 9.08. The zero-order chi connectivity index (χ0) is 18.1. The molecular weight excluding hydrogens is 323 g/mol. The molecule has 6 heteroatoms. The number of hydrogen-bond acceptors (Lipinski definition) is 4. The van der Waals surface area contributed by atoms with Gasteiger partial charge >= 0.3 is 0 Å². The molecule has 0 saturated carbocycles. The van der Waals surface area contributed by atoms with Gasteiger partial charge in [0.05, 0.1) is 7.11 Å². The number of carbonyl (C=O) groups excluding carboxylic acids is 1. The van der Waals surface area contributed by atoms with Crippen LogP contribution in [0.2, 0.25) is 0 Å². The molecule has 2 aromatic carbocycles. The quantitative estimate of drug-likeness (QED) is 0.786. The van der Waals surface area contributed by atoms with Gasteiger partial charge in [0.25, 0.3) is 0 Å². The van der Waals surface area contributed by atoms with E-state index in [1.807, 2.05) is 6.07 Å². The first-order chi connectivity index (χ1) is 12.1. The summed E-state index contributed by atoms with van der Waals surface area (Å²) in [6, 6.07) is 13.0. The number of rotatable bonds is 7. The number of nitrogens with one attached hydrogen (secondary N) is 1. The molecule has 0 spiro atoms. The molecule has 0 aliphatic carbocycles. The summed E-state index contributed by atoms with van der Waals surface area (Å²) in [4.78, 5) is 11.9. The number of hydrogen-bond donors (Lipinski definition) is 1. The van der Waals surface area contributed by atoms with Gasteiger partial charge in [-0.15, -0.1) is 0 Å². The first-order valence-electron chi connectivity index (χ1n) is 7.50.